The minimum absolute atomic E-state index is 0.0399. The van der Waals surface area contributed by atoms with E-state index in [-0.39, 0.29) is 6.42 Å². The molecule has 0 aromatic heterocycles. The highest BCUT2D eigenvalue weighted by molar-refractivity contribution is 6.36. The molecule has 0 bridgehead atoms. The number of hydrazine groups is 1. The third-order valence-electron chi connectivity index (χ3n) is 4.12. The molecule has 0 fully saturated rings. The number of amides is 1. The number of halogens is 2. The Bertz CT molecular complexity index is 859. The quantitative estimate of drug-likeness (QED) is 0.387. The predicted molar refractivity (Wildman–Crippen MR) is 113 cm³/mol. The number of rotatable bonds is 6. The molecule has 156 valence electrons. The maximum Gasteiger partial charge on any atom is 0.425 e. The molecule has 0 heterocycles. The van der Waals surface area contributed by atoms with Gasteiger partial charge in [-0.25, -0.2) is 20.4 Å². The summed E-state index contributed by atoms with van der Waals surface area (Å²) in [5.74, 6) is 4.51. The Labute approximate surface area is 180 Å². The van der Waals surface area contributed by atoms with E-state index in [0.717, 1.165) is 11.1 Å². The normalized spacial score (nSPS) is 12.3. The Hall–Kier alpha value is -2.28. The number of aliphatic carboxylic acids is 1. The standard InChI is InChI=1S/C21H24Cl2N2O4/c1-21(2,3)29-20(28)25(24)18(19(26)27)12-14-9-7-13(8-10-14)11-15-16(22)5-4-6-17(15)23/h4-10,18H,11-12,24H2,1-3H3,(H,26,27)/t18-/m0/s1. The summed E-state index contributed by atoms with van der Waals surface area (Å²) in [5.41, 5.74) is 1.72. The fourth-order valence-corrected chi connectivity index (χ4v) is 3.20. The van der Waals surface area contributed by atoms with Crippen molar-refractivity contribution in [3.05, 3.63) is 69.2 Å². The Morgan fingerprint density at radius 1 is 1.07 bits per heavy atom. The van der Waals surface area contributed by atoms with Crippen molar-refractivity contribution in [1.82, 2.24) is 5.01 Å². The lowest BCUT2D eigenvalue weighted by Crippen LogP contribution is -2.52. The Balaban J connectivity index is 2.11. The van der Waals surface area contributed by atoms with Crippen LogP contribution >= 0.6 is 23.2 Å². The predicted octanol–water partition coefficient (Wildman–Crippen LogP) is 4.69. The van der Waals surface area contributed by atoms with E-state index in [2.05, 4.69) is 0 Å². The average Bonchev–Trinajstić information content (AvgIpc) is 2.62. The van der Waals surface area contributed by atoms with E-state index in [9.17, 15) is 14.7 Å². The van der Waals surface area contributed by atoms with Gasteiger partial charge in [-0.3, -0.25) is 0 Å². The van der Waals surface area contributed by atoms with E-state index in [1.807, 2.05) is 12.1 Å². The summed E-state index contributed by atoms with van der Waals surface area (Å²) in [6, 6.07) is 11.4. The molecule has 0 spiro atoms. The molecule has 2 rings (SSSR count). The van der Waals surface area contributed by atoms with Crippen molar-refractivity contribution in [2.24, 2.45) is 5.84 Å². The summed E-state index contributed by atoms with van der Waals surface area (Å²) in [6.07, 6.45) is -0.310. The molecule has 0 saturated heterocycles. The summed E-state index contributed by atoms with van der Waals surface area (Å²) >= 11 is 12.4. The minimum atomic E-state index is -1.26. The zero-order valence-corrected chi connectivity index (χ0v) is 18.0. The molecule has 3 N–H and O–H groups in total. The molecule has 0 aliphatic rings. The molecule has 2 aromatic carbocycles. The third-order valence-corrected chi connectivity index (χ3v) is 4.83. The molecule has 1 amide bonds. The minimum Gasteiger partial charge on any atom is -0.480 e. The molecule has 0 unspecified atom stereocenters. The van der Waals surface area contributed by atoms with Gasteiger partial charge in [0.1, 0.15) is 5.60 Å². The molecular formula is C21H24Cl2N2O4. The molecule has 29 heavy (non-hydrogen) atoms. The van der Waals surface area contributed by atoms with Gasteiger partial charge in [0.25, 0.3) is 0 Å². The van der Waals surface area contributed by atoms with Crippen LogP contribution in [0.15, 0.2) is 42.5 Å². The van der Waals surface area contributed by atoms with Crippen LogP contribution in [0.25, 0.3) is 0 Å². The molecular weight excluding hydrogens is 415 g/mol. The van der Waals surface area contributed by atoms with Gasteiger partial charge in [-0.15, -0.1) is 0 Å². The van der Waals surface area contributed by atoms with Gasteiger partial charge in [-0.2, -0.15) is 0 Å². The van der Waals surface area contributed by atoms with Crippen LogP contribution in [0.1, 0.15) is 37.5 Å². The van der Waals surface area contributed by atoms with Crippen molar-refractivity contribution >= 4 is 35.3 Å². The molecule has 0 aliphatic heterocycles. The van der Waals surface area contributed by atoms with Crippen LogP contribution in [0, 0.1) is 0 Å². The first-order valence-electron chi connectivity index (χ1n) is 8.98. The van der Waals surface area contributed by atoms with Gasteiger partial charge in [-0.05, 0) is 49.6 Å². The number of carbonyl (C=O) groups excluding carboxylic acids is 1. The van der Waals surface area contributed by atoms with Crippen LogP contribution in [0.3, 0.4) is 0 Å². The highest BCUT2D eigenvalue weighted by Gasteiger charge is 2.31. The second-order valence-electron chi connectivity index (χ2n) is 7.64. The number of nitrogens with zero attached hydrogens (tertiary/aromatic N) is 1. The smallest absolute Gasteiger partial charge is 0.425 e. The van der Waals surface area contributed by atoms with Crippen molar-refractivity contribution in [2.75, 3.05) is 0 Å². The van der Waals surface area contributed by atoms with Gasteiger partial charge in [0.15, 0.2) is 6.04 Å². The largest absolute Gasteiger partial charge is 0.480 e. The van der Waals surface area contributed by atoms with E-state index in [1.54, 1.807) is 51.1 Å². The van der Waals surface area contributed by atoms with Crippen LogP contribution in [0.2, 0.25) is 10.0 Å². The first kappa shape index (κ1) is 23.0. The monoisotopic (exact) mass is 438 g/mol. The number of carboxylic acids is 1. The number of hydrogen-bond donors (Lipinski definition) is 2. The van der Waals surface area contributed by atoms with E-state index in [0.29, 0.717) is 27.0 Å². The van der Waals surface area contributed by atoms with Gasteiger partial charge < -0.3 is 9.84 Å². The van der Waals surface area contributed by atoms with E-state index in [4.69, 9.17) is 33.8 Å². The molecule has 1 atom stereocenters. The van der Waals surface area contributed by atoms with E-state index >= 15 is 0 Å². The second-order valence-corrected chi connectivity index (χ2v) is 8.45. The second kappa shape index (κ2) is 9.48. The maximum atomic E-state index is 12.1. The number of hydrogen-bond acceptors (Lipinski definition) is 4. The summed E-state index contributed by atoms with van der Waals surface area (Å²) in [4.78, 5) is 23.7. The first-order chi connectivity index (χ1) is 13.5. The summed E-state index contributed by atoms with van der Waals surface area (Å²) in [5, 5.41) is 11.3. The Kier molecular flexibility index (Phi) is 7.52. The molecule has 6 nitrogen and oxygen atoms in total. The molecule has 0 aliphatic carbocycles. The van der Waals surface area contributed by atoms with Gasteiger partial charge >= 0.3 is 12.1 Å². The summed E-state index contributed by atoms with van der Waals surface area (Å²) in [6.45, 7) is 5.04. The van der Waals surface area contributed by atoms with E-state index in [1.165, 1.54) is 0 Å². The van der Waals surface area contributed by atoms with Crippen molar-refractivity contribution < 1.29 is 19.4 Å². The molecule has 0 radical (unpaired) electrons. The first-order valence-corrected chi connectivity index (χ1v) is 9.74. The van der Waals surface area contributed by atoms with Gasteiger partial charge in [0, 0.05) is 22.9 Å². The van der Waals surface area contributed by atoms with Crippen LogP contribution in [-0.4, -0.2) is 33.8 Å². The van der Waals surface area contributed by atoms with Gasteiger partial charge in [-0.1, -0.05) is 53.5 Å². The van der Waals surface area contributed by atoms with Crippen molar-refractivity contribution in [3.8, 4) is 0 Å². The van der Waals surface area contributed by atoms with Crippen LogP contribution in [-0.2, 0) is 22.4 Å². The van der Waals surface area contributed by atoms with Crippen LogP contribution < -0.4 is 5.84 Å². The Morgan fingerprint density at radius 2 is 1.59 bits per heavy atom. The maximum absolute atomic E-state index is 12.1. The number of benzene rings is 2. The molecule has 2 aromatic rings. The zero-order chi connectivity index (χ0) is 21.8. The zero-order valence-electron chi connectivity index (χ0n) is 16.5. The van der Waals surface area contributed by atoms with Crippen molar-refractivity contribution in [3.63, 3.8) is 0 Å². The third kappa shape index (κ3) is 6.63. The van der Waals surface area contributed by atoms with Crippen molar-refractivity contribution in [2.45, 2.75) is 45.3 Å². The van der Waals surface area contributed by atoms with Gasteiger partial charge in [0.05, 0.1) is 0 Å². The summed E-state index contributed by atoms with van der Waals surface area (Å²) in [7, 11) is 0. The fraction of sp³-hybridized carbons (Fsp3) is 0.333. The lowest BCUT2D eigenvalue weighted by atomic mass is 10.0. The van der Waals surface area contributed by atoms with Gasteiger partial charge in [0.2, 0.25) is 0 Å². The SMILES string of the molecule is CC(C)(C)OC(=O)N(N)[C@@H](Cc1ccc(Cc2c(Cl)cccc2Cl)cc1)C(=O)O. The van der Waals surface area contributed by atoms with E-state index < -0.39 is 23.7 Å². The molecule has 0 saturated carbocycles. The number of carboxylic acid groups (broad SMARTS) is 1. The van der Waals surface area contributed by atoms with Crippen LogP contribution in [0.5, 0.6) is 0 Å². The lowest BCUT2D eigenvalue weighted by molar-refractivity contribution is -0.143. The molecule has 8 heteroatoms. The lowest BCUT2D eigenvalue weighted by Gasteiger charge is -2.28. The number of carbonyl (C=O) groups is 2. The average molecular weight is 439 g/mol. The summed E-state index contributed by atoms with van der Waals surface area (Å²) < 4.78 is 5.15. The van der Waals surface area contributed by atoms with Crippen molar-refractivity contribution in [1.29, 1.82) is 0 Å². The number of nitrogens with two attached hydrogens (primary N) is 1. The number of ether oxygens (including phenoxy) is 1. The topological polar surface area (TPSA) is 92.9 Å². The highest BCUT2D eigenvalue weighted by Crippen LogP contribution is 2.27. The Morgan fingerprint density at radius 3 is 2.07 bits per heavy atom. The van der Waals surface area contributed by atoms with Crippen LogP contribution in [0.4, 0.5) is 4.79 Å². The fourth-order valence-electron chi connectivity index (χ4n) is 2.67. The highest BCUT2D eigenvalue weighted by atomic mass is 35.5.